The molecule has 0 bridgehead atoms. The summed E-state index contributed by atoms with van der Waals surface area (Å²) in [5.41, 5.74) is -0.245. The Bertz CT molecular complexity index is 835. The van der Waals surface area contributed by atoms with Gasteiger partial charge < -0.3 is 19.7 Å². The fourth-order valence-electron chi connectivity index (χ4n) is 3.47. The van der Waals surface area contributed by atoms with E-state index in [1.807, 2.05) is 0 Å². The maximum absolute atomic E-state index is 14.8. The van der Waals surface area contributed by atoms with Gasteiger partial charge in [-0.2, -0.15) is 0 Å². The summed E-state index contributed by atoms with van der Waals surface area (Å²) in [5.74, 6) is -2.64. The first-order valence-electron chi connectivity index (χ1n) is 9.37. The van der Waals surface area contributed by atoms with Gasteiger partial charge in [0, 0.05) is 19.5 Å². The second-order valence-corrected chi connectivity index (χ2v) is 6.74. The number of halogens is 1. The van der Waals surface area contributed by atoms with E-state index in [0.29, 0.717) is 13.0 Å². The van der Waals surface area contributed by atoms with Crippen molar-refractivity contribution in [2.45, 2.75) is 39.2 Å². The van der Waals surface area contributed by atoms with Crippen LogP contribution in [0.3, 0.4) is 0 Å². The summed E-state index contributed by atoms with van der Waals surface area (Å²) in [4.78, 5) is 50.7. The quantitative estimate of drug-likeness (QED) is 0.572. The fraction of sp³-hybridized carbons (Fsp3) is 0.474. The van der Waals surface area contributed by atoms with E-state index in [4.69, 9.17) is 9.47 Å². The van der Waals surface area contributed by atoms with Crippen LogP contribution in [0.5, 0.6) is 5.75 Å². The van der Waals surface area contributed by atoms with Crippen molar-refractivity contribution in [2.75, 3.05) is 30.0 Å². The summed E-state index contributed by atoms with van der Waals surface area (Å²) in [7, 11) is 0. The Morgan fingerprint density at radius 1 is 1.28 bits per heavy atom. The average Bonchev–Trinajstić information content (AvgIpc) is 2.93. The van der Waals surface area contributed by atoms with Crippen molar-refractivity contribution in [1.82, 2.24) is 4.90 Å². The number of urea groups is 1. The molecule has 2 heterocycles. The molecule has 1 unspecified atom stereocenters. The molecule has 0 aliphatic carbocycles. The fourth-order valence-corrected chi connectivity index (χ4v) is 3.47. The molecule has 1 aromatic rings. The Hall–Kier alpha value is -3.17. The molecule has 4 amide bonds. The Morgan fingerprint density at radius 3 is 2.69 bits per heavy atom. The predicted octanol–water partition coefficient (Wildman–Crippen LogP) is 2.05. The molecular weight excluding hydrogens is 385 g/mol. The molecule has 2 aliphatic rings. The number of imide groups is 1. The smallest absolute Gasteiger partial charge is 0.344 e. The molecule has 0 aromatic heterocycles. The number of piperidine rings is 1. The molecule has 1 atom stereocenters. The molecule has 1 N–H and O–H groups in total. The van der Waals surface area contributed by atoms with E-state index in [1.54, 1.807) is 6.92 Å². The third-order valence-electron chi connectivity index (χ3n) is 4.70. The zero-order valence-electron chi connectivity index (χ0n) is 16.2. The number of rotatable bonds is 6. The van der Waals surface area contributed by atoms with Crippen molar-refractivity contribution in [2.24, 2.45) is 0 Å². The van der Waals surface area contributed by atoms with Gasteiger partial charge >= 0.3 is 12.0 Å². The van der Waals surface area contributed by atoms with Crippen LogP contribution < -0.4 is 15.0 Å². The number of nitrogens with one attached hydrogen (secondary N) is 1. The van der Waals surface area contributed by atoms with Gasteiger partial charge in [-0.3, -0.25) is 9.59 Å². The molecule has 9 nitrogen and oxygen atoms in total. The third kappa shape index (κ3) is 4.15. The molecule has 2 saturated heterocycles. The highest BCUT2D eigenvalue weighted by atomic mass is 19.1. The van der Waals surface area contributed by atoms with Gasteiger partial charge in [0.2, 0.25) is 5.91 Å². The Labute approximate surface area is 166 Å². The summed E-state index contributed by atoms with van der Waals surface area (Å²) >= 11 is 0. The average molecular weight is 407 g/mol. The van der Waals surface area contributed by atoms with Gasteiger partial charge in [0.05, 0.1) is 18.0 Å². The number of amides is 4. The molecule has 0 spiro atoms. The van der Waals surface area contributed by atoms with Crippen molar-refractivity contribution < 1.29 is 33.0 Å². The SMILES string of the molecule is CCOC(=O)COc1cc(F)c(N2C(=O)C3CCCCN3C2=O)cc1NC(C)=O. The number of hydrogen-bond acceptors (Lipinski definition) is 6. The molecule has 29 heavy (non-hydrogen) atoms. The molecular formula is C19H22FN3O6. The number of benzene rings is 1. The van der Waals surface area contributed by atoms with Gasteiger partial charge in [-0.25, -0.2) is 18.9 Å². The molecule has 0 radical (unpaired) electrons. The number of carbonyl (C=O) groups is 4. The largest absolute Gasteiger partial charge is 0.480 e. The van der Waals surface area contributed by atoms with Gasteiger partial charge in [-0.1, -0.05) is 0 Å². The summed E-state index contributed by atoms with van der Waals surface area (Å²) in [5, 5.41) is 2.47. The molecule has 2 fully saturated rings. The van der Waals surface area contributed by atoms with Crippen molar-refractivity contribution in [3.63, 3.8) is 0 Å². The van der Waals surface area contributed by atoms with E-state index < -0.39 is 42.3 Å². The second-order valence-electron chi connectivity index (χ2n) is 6.74. The first kappa shape index (κ1) is 20.6. The van der Waals surface area contributed by atoms with Crippen LogP contribution in [-0.4, -0.2) is 54.5 Å². The summed E-state index contributed by atoms with van der Waals surface area (Å²) in [6, 6.07) is 0.899. The van der Waals surface area contributed by atoms with Crippen LogP contribution in [0.4, 0.5) is 20.6 Å². The monoisotopic (exact) mass is 407 g/mol. The molecule has 0 saturated carbocycles. The highest BCUT2D eigenvalue weighted by Gasteiger charge is 2.47. The van der Waals surface area contributed by atoms with Gasteiger partial charge in [-0.15, -0.1) is 0 Å². The van der Waals surface area contributed by atoms with Crippen molar-refractivity contribution in [3.05, 3.63) is 17.9 Å². The van der Waals surface area contributed by atoms with Gasteiger partial charge in [0.1, 0.15) is 11.8 Å². The van der Waals surface area contributed by atoms with Crippen LogP contribution in [0.25, 0.3) is 0 Å². The van der Waals surface area contributed by atoms with Crippen LogP contribution in [0, 0.1) is 5.82 Å². The number of hydrogen-bond donors (Lipinski definition) is 1. The van der Waals surface area contributed by atoms with E-state index in [2.05, 4.69) is 5.32 Å². The highest BCUT2D eigenvalue weighted by molar-refractivity contribution is 6.21. The van der Waals surface area contributed by atoms with Crippen LogP contribution in [0.2, 0.25) is 0 Å². The lowest BCUT2D eigenvalue weighted by molar-refractivity contribution is -0.145. The van der Waals surface area contributed by atoms with Gasteiger partial charge in [-0.05, 0) is 32.3 Å². The van der Waals surface area contributed by atoms with E-state index in [1.165, 1.54) is 11.8 Å². The minimum absolute atomic E-state index is 0.0312. The first-order chi connectivity index (χ1) is 13.8. The number of nitrogens with zero attached hydrogens (tertiary/aromatic N) is 2. The zero-order valence-corrected chi connectivity index (χ0v) is 16.2. The van der Waals surface area contributed by atoms with E-state index in [0.717, 1.165) is 29.9 Å². The van der Waals surface area contributed by atoms with Crippen molar-refractivity contribution >= 4 is 35.2 Å². The molecule has 10 heteroatoms. The van der Waals surface area contributed by atoms with Crippen LogP contribution >= 0.6 is 0 Å². The predicted molar refractivity (Wildman–Crippen MR) is 100 cm³/mol. The number of esters is 1. The number of ether oxygens (including phenoxy) is 2. The van der Waals surface area contributed by atoms with E-state index >= 15 is 0 Å². The number of anilines is 2. The molecule has 1 aromatic carbocycles. The third-order valence-corrected chi connectivity index (χ3v) is 4.70. The van der Waals surface area contributed by atoms with Crippen molar-refractivity contribution in [1.29, 1.82) is 0 Å². The summed E-state index contributed by atoms with van der Waals surface area (Å²) in [6.07, 6.45) is 2.12. The lowest BCUT2D eigenvalue weighted by Crippen LogP contribution is -2.39. The molecule has 3 rings (SSSR count). The van der Waals surface area contributed by atoms with Gasteiger partial charge in [0.25, 0.3) is 5.91 Å². The Kier molecular flexibility index (Phi) is 6.00. The van der Waals surface area contributed by atoms with Gasteiger partial charge in [0.15, 0.2) is 12.4 Å². The molecule has 2 aliphatic heterocycles. The second kappa shape index (κ2) is 8.46. The highest BCUT2D eigenvalue weighted by Crippen LogP contribution is 2.37. The maximum Gasteiger partial charge on any atom is 0.344 e. The Morgan fingerprint density at radius 2 is 2.03 bits per heavy atom. The maximum atomic E-state index is 14.8. The zero-order chi connectivity index (χ0) is 21.1. The Balaban J connectivity index is 1.93. The minimum Gasteiger partial charge on any atom is -0.480 e. The molecule has 156 valence electrons. The summed E-state index contributed by atoms with van der Waals surface area (Å²) in [6.45, 7) is 2.98. The van der Waals surface area contributed by atoms with Crippen molar-refractivity contribution in [3.8, 4) is 5.75 Å². The van der Waals surface area contributed by atoms with E-state index in [-0.39, 0.29) is 23.7 Å². The lowest BCUT2D eigenvalue weighted by Gasteiger charge is -2.26. The van der Waals surface area contributed by atoms with Crippen LogP contribution in [-0.2, 0) is 19.1 Å². The minimum atomic E-state index is -0.889. The lowest BCUT2D eigenvalue weighted by atomic mass is 10.0. The summed E-state index contributed by atoms with van der Waals surface area (Å²) < 4.78 is 24.9. The number of carbonyl (C=O) groups excluding carboxylic acids is 4. The van der Waals surface area contributed by atoms with Crippen LogP contribution in [0.15, 0.2) is 12.1 Å². The topological polar surface area (TPSA) is 105 Å². The van der Waals surface area contributed by atoms with E-state index in [9.17, 15) is 23.6 Å². The first-order valence-corrected chi connectivity index (χ1v) is 9.37. The standard InChI is InChI=1S/C19H22FN3O6/c1-3-28-17(25)10-29-16-8-12(20)15(9-13(16)21-11(2)24)23-18(26)14-6-4-5-7-22(14)19(23)27/h8-9,14H,3-7,10H2,1-2H3,(H,21,24). The van der Waals surface area contributed by atoms with Crippen LogP contribution in [0.1, 0.15) is 33.1 Å². The number of fused-ring (bicyclic) bond motifs is 1. The normalized spacial score (nSPS) is 18.5.